The number of carboxylic acids is 1. The van der Waals surface area contributed by atoms with Crippen molar-refractivity contribution in [1.82, 2.24) is 47.5 Å². The SMILES string of the molecule is CCCCCCCCCCCCCCCC(=O)N[C@@H](CO)C(=O)N[C@@H](Cc1ccc(O)cc1)C(=O)N[C@@H](CO)C(O)N[C@@H](CCCC)C(=O)N[C@@H](CCC(=O)O)C(=O)N[C@H](Cc1cccnc1)C(=O)N[C@H](Cc1ccccc1)C(=O)NC. The molecule has 0 aliphatic rings. The van der Waals surface area contributed by atoms with Crippen molar-refractivity contribution in [3.8, 4) is 5.75 Å². The summed E-state index contributed by atoms with van der Waals surface area (Å²) in [6.45, 7) is 2.36. The van der Waals surface area contributed by atoms with Gasteiger partial charge in [0.1, 0.15) is 42.2 Å². The van der Waals surface area contributed by atoms with Crippen LogP contribution in [0.25, 0.3) is 0 Å². The van der Waals surface area contributed by atoms with Gasteiger partial charge >= 0.3 is 5.97 Å². The van der Waals surface area contributed by atoms with Crippen LogP contribution in [-0.4, -0.2) is 147 Å². The van der Waals surface area contributed by atoms with E-state index in [1.54, 1.807) is 42.5 Å². The number of unbranched alkanes of at least 4 members (excludes halogenated alkanes) is 13. The number of pyridine rings is 1. The number of aromatic hydroxyl groups is 1. The predicted molar refractivity (Wildman–Crippen MR) is 309 cm³/mol. The quantitative estimate of drug-likeness (QED) is 0.0286. The highest BCUT2D eigenvalue weighted by molar-refractivity contribution is 5.95. The van der Waals surface area contributed by atoms with E-state index in [4.69, 9.17) is 0 Å². The van der Waals surface area contributed by atoms with Gasteiger partial charge in [0.25, 0.3) is 0 Å². The number of hydrogen-bond acceptors (Lipinski definition) is 14. The maximum Gasteiger partial charge on any atom is 0.303 e. The molecule has 0 spiro atoms. The van der Waals surface area contributed by atoms with Crippen LogP contribution >= 0.6 is 0 Å². The van der Waals surface area contributed by atoms with Crippen LogP contribution in [0.5, 0.6) is 5.75 Å². The maximum atomic E-state index is 14.2. The minimum absolute atomic E-state index is 0.0419. The summed E-state index contributed by atoms with van der Waals surface area (Å²) in [7, 11) is 1.41. The smallest absolute Gasteiger partial charge is 0.303 e. The van der Waals surface area contributed by atoms with Gasteiger partial charge in [0.15, 0.2) is 0 Å². The van der Waals surface area contributed by atoms with E-state index >= 15 is 0 Å². The third-order valence-electron chi connectivity index (χ3n) is 14.0. The zero-order valence-electron chi connectivity index (χ0n) is 48.0. The van der Waals surface area contributed by atoms with Crippen LogP contribution in [0.1, 0.15) is 153 Å². The van der Waals surface area contributed by atoms with Crippen molar-refractivity contribution in [1.29, 1.82) is 0 Å². The van der Waals surface area contributed by atoms with E-state index in [0.29, 0.717) is 30.4 Å². The van der Waals surface area contributed by atoms with E-state index in [9.17, 15) is 63.9 Å². The lowest BCUT2D eigenvalue weighted by Crippen LogP contribution is -2.62. The van der Waals surface area contributed by atoms with Crippen molar-refractivity contribution in [2.24, 2.45) is 0 Å². The normalized spacial score (nSPS) is 14.1. The number of phenolic OH excluding ortho intramolecular Hbond substituents is 1. The number of aromatic nitrogens is 1. The Hall–Kier alpha value is -7.01. The van der Waals surface area contributed by atoms with Gasteiger partial charge in [0.05, 0.1) is 25.3 Å². The standard InChI is InChI=1S/C60H91N9O13/c1-4-6-8-9-10-11-12-13-14-15-16-17-21-27-52(73)63-50(39-70)59(81)68-48(36-42-28-30-44(72)31-29-42)58(80)69-51(40-71)60(82)64-45(26-7-5-2)55(77)65-46(32-33-53(74)75)56(78)67-49(37-43-25-22-34-62-38-43)57(79)66-47(54(76)61-3)35-41-23-19-18-20-24-41/h18-20,22-25,28-31,34,38,45-51,60,64,70-72,82H,4-17,21,26-27,32-33,35-37,39-40H2,1-3H3,(H,61,76)(H,63,73)(H,65,77)(H,66,79)(H,67,78)(H,68,81)(H,69,80)(H,74,75)/t45-,46-,47+,48-,49+,50-,51-,60?/m0/s1. The van der Waals surface area contributed by atoms with Gasteiger partial charge in [-0.1, -0.05) is 152 Å². The Bertz CT molecular complexity index is 2370. The van der Waals surface area contributed by atoms with Crippen LogP contribution in [0.3, 0.4) is 0 Å². The first kappa shape index (κ1) is 69.3. The maximum absolute atomic E-state index is 14.2. The van der Waals surface area contributed by atoms with E-state index in [2.05, 4.69) is 54.4 Å². The molecule has 0 aliphatic carbocycles. The number of benzene rings is 2. The fourth-order valence-electron chi connectivity index (χ4n) is 9.19. The van der Waals surface area contributed by atoms with Crippen molar-refractivity contribution in [3.05, 3.63) is 95.8 Å². The molecule has 1 heterocycles. The second-order valence-corrected chi connectivity index (χ2v) is 20.8. The Labute approximate surface area is 482 Å². The molecule has 22 heteroatoms. The van der Waals surface area contributed by atoms with E-state index < -0.39 is 122 Å². The summed E-state index contributed by atoms with van der Waals surface area (Å²) in [6.07, 6.45) is 15.7. The van der Waals surface area contributed by atoms with Gasteiger partial charge < -0.3 is 62.8 Å². The van der Waals surface area contributed by atoms with Gasteiger partial charge in [0, 0.05) is 51.5 Å². The number of aliphatic carboxylic acids is 1. The molecule has 2 aromatic carbocycles. The summed E-state index contributed by atoms with van der Waals surface area (Å²) in [6, 6.07) is 8.30. The van der Waals surface area contributed by atoms with E-state index in [1.807, 2.05) is 6.92 Å². The molecule has 0 radical (unpaired) electrons. The van der Waals surface area contributed by atoms with Gasteiger partial charge in [-0.3, -0.25) is 48.7 Å². The van der Waals surface area contributed by atoms with Crippen LogP contribution in [0, 0.1) is 0 Å². The lowest BCUT2D eigenvalue weighted by molar-refractivity contribution is -0.138. The number of nitrogens with zero attached hydrogens (tertiary/aromatic N) is 1. The van der Waals surface area contributed by atoms with E-state index in [1.165, 1.54) is 95.1 Å². The summed E-state index contributed by atoms with van der Waals surface area (Å²) in [5.41, 5.74) is 1.75. The molecule has 0 saturated carbocycles. The van der Waals surface area contributed by atoms with Gasteiger partial charge in [-0.2, -0.15) is 0 Å². The van der Waals surface area contributed by atoms with Crippen LogP contribution in [-0.2, 0) is 57.6 Å². The van der Waals surface area contributed by atoms with Crippen LogP contribution in [0.15, 0.2) is 79.1 Å². The lowest BCUT2D eigenvalue weighted by atomic mass is 10.0. The summed E-state index contributed by atoms with van der Waals surface area (Å²) in [4.78, 5) is 112. The monoisotopic (exact) mass is 1150 g/mol. The minimum atomic E-state index is -1.86. The Morgan fingerprint density at radius 3 is 1.48 bits per heavy atom. The minimum Gasteiger partial charge on any atom is -0.508 e. The number of phenols is 1. The Kier molecular flexibility index (Phi) is 34.0. The first-order valence-electron chi connectivity index (χ1n) is 29.1. The lowest BCUT2D eigenvalue weighted by Gasteiger charge is -2.30. The second kappa shape index (κ2) is 40.2. The molecule has 13 N–H and O–H groups in total. The topological polar surface area (TPSA) is 347 Å². The van der Waals surface area contributed by atoms with Gasteiger partial charge in [-0.15, -0.1) is 0 Å². The number of rotatable bonds is 43. The van der Waals surface area contributed by atoms with Gasteiger partial charge in [-0.05, 0) is 54.2 Å². The number of nitrogens with one attached hydrogen (secondary N) is 8. The molecule has 1 aromatic heterocycles. The van der Waals surface area contributed by atoms with Crippen molar-refractivity contribution in [2.45, 2.75) is 204 Å². The molecule has 0 saturated heterocycles. The number of carbonyl (C=O) groups excluding carboxylic acids is 7. The Morgan fingerprint density at radius 2 is 0.951 bits per heavy atom. The van der Waals surface area contributed by atoms with E-state index in [0.717, 1.165) is 31.2 Å². The number of aliphatic hydroxyl groups excluding tert-OH is 3. The summed E-state index contributed by atoms with van der Waals surface area (Å²) < 4.78 is 0. The number of hydrogen-bond donors (Lipinski definition) is 13. The highest BCUT2D eigenvalue weighted by Crippen LogP contribution is 2.16. The number of aliphatic hydroxyl groups is 3. The molecule has 22 nitrogen and oxygen atoms in total. The average molecular weight is 1150 g/mol. The third-order valence-corrected chi connectivity index (χ3v) is 14.0. The van der Waals surface area contributed by atoms with E-state index in [-0.39, 0.29) is 37.9 Å². The zero-order valence-corrected chi connectivity index (χ0v) is 48.0. The molecular formula is C60H91N9O13. The summed E-state index contributed by atoms with van der Waals surface area (Å²) in [5, 5.41) is 72.7. The van der Waals surface area contributed by atoms with Gasteiger partial charge in [0.2, 0.25) is 41.4 Å². The zero-order chi connectivity index (χ0) is 60.1. The van der Waals surface area contributed by atoms with Crippen molar-refractivity contribution < 1.29 is 63.9 Å². The molecule has 82 heavy (non-hydrogen) atoms. The van der Waals surface area contributed by atoms with Crippen molar-refractivity contribution in [3.63, 3.8) is 0 Å². The fraction of sp³-hybridized carbons (Fsp3) is 0.583. The van der Waals surface area contributed by atoms with Crippen LogP contribution in [0.2, 0.25) is 0 Å². The Balaban J connectivity index is 1.73. The summed E-state index contributed by atoms with van der Waals surface area (Å²) >= 11 is 0. The fourth-order valence-corrected chi connectivity index (χ4v) is 9.19. The van der Waals surface area contributed by atoms with Gasteiger partial charge in [-0.25, -0.2) is 0 Å². The molecule has 3 aromatic rings. The molecule has 3 rings (SSSR count). The molecule has 0 fully saturated rings. The molecule has 0 aliphatic heterocycles. The molecule has 8 atom stereocenters. The number of carbonyl (C=O) groups is 8. The second-order valence-electron chi connectivity index (χ2n) is 20.8. The average Bonchev–Trinajstić information content (AvgIpc) is 3.47. The first-order chi connectivity index (χ1) is 39.5. The van der Waals surface area contributed by atoms with Crippen molar-refractivity contribution >= 4 is 47.3 Å². The molecule has 454 valence electrons. The molecular weight excluding hydrogens is 1050 g/mol. The van der Waals surface area contributed by atoms with Crippen LogP contribution in [0.4, 0.5) is 0 Å². The first-order valence-corrected chi connectivity index (χ1v) is 29.1. The number of amides is 7. The predicted octanol–water partition coefficient (Wildman–Crippen LogP) is 3.27. The van der Waals surface area contributed by atoms with Crippen molar-refractivity contribution in [2.75, 3.05) is 20.3 Å². The Morgan fingerprint density at radius 1 is 0.476 bits per heavy atom. The number of carboxylic acid groups (broad SMARTS) is 1. The molecule has 0 bridgehead atoms. The number of likely N-dealkylation sites (N-methyl/N-ethyl adjacent to an activating group) is 1. The highest BCUT2D eigenvalue weighted by Gasteiger charge is 2.35. The molecule has 1 unspecified atom stereocenters. The molecule has 7 amide bonds. The van der Waals surface area contributed by atoms with Crippen LogP contribution < -0.4 is 42.5 Å². The largest absolute Gasteiger partial charge is 0.508 e. The highest BCUT2D eigenvalue weighted by atomic mass is 16.4. The summed E-state index contributed by atoms with van der Waals surface area (Å²) in [5.74, 6) is -6.69. The third kappa shape index (κ3) is 27.6.